The first kappa shape index (κ1) is 15.0. The van der Waals surface area contributed by atoms with Crippen molar-refractivity contribution in [1.29, 1.82) is 0 Å². The van der Waals surface area contributed by atoms with Gasteiger partial charge in [-0.25, -0.2) is 0 Å². The molecule has 2 rings (SSSR count). The molecular weight excluding hydrogens is 256 g/mol. The van der Waals surface area contributed by atoms with Crippen LogP contribution in [0.3, 0.4) is 0 Å². The molecule has 5 atom stereocenters. The van der Waals surface area contributed by atoms with Crippen molar-refractivity contribution in [2.45, 2.75) is 25.8 Å². The van der Waals surface area contributed by atoms with Crippen LogP contribution in [0.2, 0.25) is 0 Å². The summed E-state index contributed by atoms with van der Waals surface area (Å²) in [6.07, 6.45) is 5.65. The van der Waals surface area contributed by atoms with E-state index in [-0.39, 0.29) is 23.8 Å². The number of carboxylic acid groups (broad SMARTS) is 1. The number of fused-ring (bicyclic) bond motifs is 2. The molecule has 112 valence electrons. The average molecular weight is 280 g/mol. The Hall–Kier alpha value is -1.36. The maximum absolute atomic E-state index is 12.4. The second-order valence-corrected chi connectivity index (χ2v) is 6.34. The quantitative estimate of drug-likeness (QED) is 0.711. The molecule has 2 aliphatic rings. The average Bonchev–Trinajstić information content (AvgIpc) is 2.95. The molecule has 0 aromatic rings. The summed E-state index contributed by atoms with van der Waals surface area (Å²) < 4.78 is 0. The highest BCUT2D eigenvalue weighted by molar-refractivity contribution is 5.87. The van der Waals surface area contributed by atoms with E-state index in [9.17, 15) is 14.7 Å². The summed E-state index contributed by atoms with van der Waals surface area (Å²) in [5.74, 6) is -1.76. The molecule has 5 heteroatoms. The van der Waals surface area contributed by atoms with Gasteiger partial charge in [0.1, 0.15) is 0 Å². The van der Waals surface area contributed by atoms with Crippen LogP contribution in [-0.4, -0.2) is 48.6 Å². The molecule has 1 fully saturated rings. The number of hydrogen-bond acceptors (Lipinski definition) is 3. The molecule has 1 saturated carbocycles. The van der Waals surface area contributed by atoms with Gasteiger partial charge in [-0.2, -0.15) is 0 Å². The number of carboxylic acids is 1. The third kappa shape index (κ3) is 3.03. The predicted octanol–water partition coefficient (Wildman–Crippen LogP) is 0.966. The third-order valence-electron chi connectivity index (χ3n) is 4.45. The van der Waals surface area contributed by atoms with Crippen molar-refractivity contribution in [3.8, 4) is 0 Å². The van der Waals surface area contributed by atoms with Crippen molar-refractivity contribution >= 4 is 11.9 Å². The maximum Gasteiger partial charge on any atom is 0.307 e. The smallest absolute Gasteiger partial charge is 0.307 e. The van der Waals surface area contributed by atoms with E-state index in [0.717, 1.165) is 19.4 Å². The van der Waals surface area contributed by atoms with Crippen LogP contribution in [0.25, 0.3) is 0 Å². The molecular formula is C15H24N2O3. The monoisotopic (exact) mass is 280 g/mol. The van der Waals surface area contributed by atoms with Gasteiger partial charge in [-0.3, -0.25) is 9.59 Å². The Kier molecular flexibility index (Phi) is 4.48. The molecule has 0 radical (unpaired) electrons. The summed E-state index contributed by atoms with van der Waals surface area (Å²) in [7, 11) is 3.99. The summed E-state index contributed by atoms with van der Waals surface area (Å²) in [4.78, 5) is 25.8. The molecule has 0 spiro atoms. The summed E-state index contributed by atoms with van der Waals surface area (Å²) in [5, 5.41) is 12.3. The SMILES string of the molecule is CC(CCN(C)C)NC(=O)C1C2C=CC(C2)C1C(=O)O. The number of hydrogen-bond donors (Lipinski definition) is 2. The zero-order chi connectivity index (χ0) is 14.9. The van der Waals surface area contributed by atoms with Crippen molar-refractivity contribution < 1.29 is 14.7 Å². The number of amides is 1. The van der Waals surface area contributed by atoms with Gasteiger partial charge in [-0.15, -0.1) is 0 Å². The molecule has 0 heterocycles. The van der Waals surface area contributed by atoms with Crippen molar-refractivity contribution in [3.05, 3.63) is 12.2 Å². The van der Waals surface area contributed by atoms with Gasteiger partial charge in [-0.1, -0.05) is 12.2 Å². The minimum Gasteiger partial charge on any atom is -0.481 e. The van der Waals surface area contributed by atoms with Gasteiger partial charge in [0.25, 0.3) is 0 Å². The van der Waals surface area contributed by atoms with Gasteiger partial charge in [0.15, 0.2) is 0 Å². The highest BCUT2D eigenvalue weighted by Crippen LogP contribution is 2.48. The van der Waals surface area contributed by atoms with Crippen LogP contribution in [0.15, 0.2) is 12.2 Å². The molecule has 0 saturated heterocycles. The highest BCUT2D eigenvalue weighted by Gasteiger charge is 2.51. The fourth-order valence-corrected chi connectivity index (χ4v) is 3.38. The summed E-state index contributed by atoms with van der Waals surface area (Å²) >= 11 is 0. The number of allylic oxidation sites excluding steroid dienone is 2. The maximum atomic E-state index is 12.4. The minimum atomic E-state index is -0.844. The first-order valence-corrected chi connectivity index (χ1v) is 7.26. The molecule has 5 nitrogen and oxygen atoms in total. The van der Waals surface area contributed by atoms with Crippen molar-refractivity contribution in [1.82, 2.24) is 10.2 Å². The second-order valence-electron chi connectivity index (χ2n) is 6.34. The minimum absolute atomic E-state index is 0.0327. The highest BCUT2D eigenvalue weighted by atomic mass is 16.4. The fraction of sp³-hybridized carbons (Fsp3) is 0.733. The molecule has 2 aliphatic carbocycles. The van der Waals surface area contributed by atoms with Crippen LogP contribution in [0.5, 0.6) is 0 Å². The molecule has 2 bridgehead atoms. The van der Waals surface area contributed by atoms with Gasteiger partial charge in [-0.05, 0) is 52.2 Å². The summed E-state index contributed by atoms with van der Waals surface area (Å²) in [5.41, 5.74) is 0. The fourth-order valence-electron chi connectivity index (χ4n) is 3.38. The molecule has 20 heavy (non-hydrogen) atoms. The Morgan fingerprint density at radius 2 is 1.90 bits per heavy atom. The van der Waals surface area contributed by atoms with Crippen LogP contribution >= 0.6 is 0 Å². The largest absolute Gasteiger partial charge is 0.481 e. The lowest BCUT2D eigenvalue weighted by Crippen LogP contribution is -2.44. The van der Waals surface area contributed by atoms with E-state index in [0.29, 0.717) is 0 Å². The van der Waals surface area contributed by atoms with E-state index in [1.165, 1.54) is 0 Å². The third-order valence-corrected chi connectivity index (χ3v) is 4.45. The summed E-state index contributed by atoms with van der Waals surface area (Å²) in [6.45, 7) is 2.88. The van der Waals surface area contributed by atoms with Crippen molar-refractivity contribution in [2.75, 3.05) is 20.6 Å². The zero-order valence-corrected chi connectivity index (χ0v) is 12.4. The number of nitrogens with zero attached hydrogens (tertiary/aromatic N) is 1. The Labute approximate surface area is 120 Å². The first-order valence-electron chi connectivity index (χ1n) is 7.26. The van der Waals surface area contributed by atoms with E-state index in [2.05, 4.69) is 10.2 Å². The Bertz CT molecular complexity index is 419. The lowest BCUT2D eigenvalue weighted by Gasteiger charge is -2.26. The van der Waals surface area contributed by atoms with Crippen LogP contribution < -0.4 is 5.32 Å². The van der Waals surface area contributed by atoms with E-state index in [1.807, 2.05) is 33.2 Å². The van der Waals surface area contributed by atoms with Gasteiger partial charge >= 0.3 is 5.97 Å². The Balaban J connectivity index is 1.95. The Morgan fingerprint density at radius 3 is 2.45 bits per heavy atom. The lowest BCUT2D eigenvalue weighted by molar-refractivity contribution is -0.148. The molecule has 1 amide bonds. The van der Waals surface area contributed by atoms with E-state index in [4.69, 9.17) is 0 Å². The summed E-state index contributed by atoms with van der Waals surface area (Å²) in [6, 6.07) is 0.0717. The normalized spacial score (nSPS) is 32.6. The number of carbonyl (C=O) groups is 2. The van der Waals surface area contributed by atoms with Crippen LogP contribution in [0, 0.1) is 23.7 Å². The van der Waals surface area contributed by atoms with Gasteiger partial charge in [0, 0.05) is 6.04 Å². The van der Waals surface area contributed by atoms with E-state index < -0.39 is 17.8 Å². The van der Waals surface area contributed by atoms with E-state index in [1.54, 1.807) is 0 Å². The zero-order valence-electron chi connectivity index (χ0n) is 12.4. The Morgan fingerprint density at radius 1 is 1.30 bits per heavy atom. The number of rotatable bonds is 6. The molecule has 0 aliphatic heterocycles. The standard InChI is InChI=1S/C15H24N2O3/c1-9(6-7-17(2)3)16-14(18)12-10-4-5-11(8-10)13(12)15(19)20/h4-5,9-13H,6-8H2,1-3H3,(H,16,18)(H,19,20). The van der Waals surface area contributed by atoms with Crippen LogP contribution in [-0.2, 0) is 9.59 Å². The van der Waals surface area contributed by atoms with Crippen molar-refractivity contribution in [2.24, 2.45) is 23.7 Å². The topological polar surface area (TPSA) is 69.6 Å². The predicted molar refractivity (Wildman–Crippen MR) is 76.1 cm³/mol. The van der Waals surface area contributed by atoms with Gasteiger partial charge in [0.2, 0.25) is 5.91 Å². The molecule has 5 unspecified atom stereocenters. The second kappa shape index (κ2) is 5.95. The van der Waals surface area contributed by atoms with E-state index >= 15 is 0 Å². The molecule has 0 aromatic carbocycles. The number of carbonyl (C=O) groups excluding carboxylic acids is 1. The van der Waals surface area contributed by atoms with Gasteiger partial charge < -0.3 is 15.3 Å². The van der Waals surface area contributed by atoms with Crippen LogP contribution in [0.1, 0.15) is 19.8 Å². The van der Waals surface area contributed by atoms with Crippen LogP contribution in [0.4, 0.5) is 0 Å². The number of aliphatic carboxylic acids is 1. The molecule has 0 aromatic heterocycles. The molecule has 2 N–H and O–H groups in total. The van der Waals surface area contributed by atoms with Crippen molar-refractivity contribution in [3.63, 3.8) is 0 Å². The first-order chi connectivity index (χ1) is 9.40. The lowest BCUT2D eigenvalue weighted by atomic mass is 9.82. The van der Waals surface area contributed by atoms with Gasteiger partial charge in [0.05, 0.1) is 11.8 Å². The number of nitrogens with one attached hydrogen (secondary N) is 1.